The first-order valence-electron chi connectivity index (χ1n) is 7.99. The van der Waals surface area contributed by atoms with Gasteiger partial charge in [0.2, 0.25) is 18.1 Å². The molecule has 8 nitrogen and oxygen atoms in total. The van der Waals surface area contributed by atoms with Crippen molar-refractivity contribution in [3.8, 4) is 17.1 Å². The quantitative estimate of drug-likeness (QED) is 0.648. The molecule has 0 aliphatic rings. The Bertz CT molecular complexity index is 940. The monoisotopic (exact) mass is 354 g/mol. The van der Waals surface area contributed by atoms with Crippen LogP contribution in [0.4, 0.5) is 5.95 Å². The molecule has 1 aromatic carbocycles. The van der Waals surface area contributed by atoms with Crippen LogP contribution in [0, 0.1) is 0 Å². The van der Waals surface area contributed by atoms with Gasteiger partial charge >= 0.3 is 5.97 Å². The lowest BCUT2D eigenvalue weighted by Crippen LogP contribution is -2.18. The fraction of sp³-hybridized carbons (Fsp3) is 0.222. The standard InChI is InChI=1S/C18H18N4O4/c1-3-14(25-2)26-16-15-13(21-18(19)22-16)9-8-12(20-15)10-4-6-11(7-5-10)17(23)24/h4-9,14H,3H2,1-2H3,(H,23,24)(H2,19,21,22)/t14-/m0/s1. The topological polar surface area (TPSA) is 120 Å². The Hall–Kier alpha value is -3.26. The maximum Gasteiger partial charge on any atom is 0.335 e. The number of carbonyl (C=O) groups is 1. The van der Waals surface area contributed by atoms with Gasteiger partial charge in [0.25, 0.3) is 0 Å². The summed E-state index contributed by atoms with van der Waals surface area (Å²) in [6.45, 7) is 1.92. The van der Waals surface area contributed by atoms with E-state index in [0.29, 0.717) is 23.1 Å². The first-order valence-corrected chi connectivity index (χ1v) is 7.99. The molecule has 0 aliphatic carbocycles. The van der Waals surface area contributed by atoms with Crippen LogP contribution in [0.25, 0.3) is 22.3 Å². The highest BCUT2D eigenvalue weighted by Gasteiger charge is 2.15. The summed E-state index contributed by atoms with van der Waals surface area (Å²) in [5.41, 5.74) is 8.36. The fourth-order valence-corrected chi connectivity index (χ4v) is 2.45. The minimum Gasteiger partial charge on any atom is -0.478 e. The number of methoxy groups -OCH3 is 1. The maximum atomic E-state index is 11.0. The molecule has 26 heavy (non-hydrogen) atoms. The van der Waals surface area contributed by atoms with Crippen LogP contribution in [0.5, 0.6) is 5.88 Å². The number of anilines is 1. The second-order valence-corrected chi connectivity index (χ2v) is 5.53. The van der Waals surface area contributed by atoms with Crippen LogP contribution in [0.1, 0.15) is 23.7 Å². The highest BCUT2D eigenvalue weighted by Crippen LogP contribution is 2.27. The zero-order valence-electron chi connectivity index (χ0n) is 14.3. The summed E-state index contributed by atoms with van der Waals surface area (Å²) in [5.74, 6) is -0.656. The molecule has 0 saturated carbocycles. The number of hydrogen-bond acceptors (Lipinski definition) is 7. The Kier molecular flexibility index (Phi) is 4.94. The summed E-state index contributed by atoms with van der Waals surface area (Å²) in [5, 5.41) is 9.01. The second kappa shape index (κ2) is 7.32. The van der Waals surface area contributed by atoms with Gasteiger partial charge in [-0.15, -0.1) is 0 Å². The highest BCUT2D eigenvalue weighted by molar-refractivity contribution is 5.88. The van der Waals surface area contributed by atoms with Gasteiger partial charge in [-0.25, -0.2) is 14.8 Å². The van der Waals surface area contributed by atoms with E-state index in [1.807, 2.05) is 6.92 Å². The van der Waals surface area contributed by atoms with Crippen molar-refractivity contribution >= 4 is 23.0 Å². The van der Waals surface area contributed by atoms with Gasteiger partial charge in [0.1, 0.15) is 0 Å². The molecule has 0 amide bonds. The average molecular weight is 354 g/mol. The highest BCUT2D eigenvalue weighted by atomic mass is 16.7. The molecular weight excluding hydrogens is 336 g/mol. The number of rotatable bonds is 6. The molecule has 0 spiro atoms. The van der Waals surface area contributed by atoms with E-state index in [9.17, 15) is 4.79 Å². The first-order chi connectivity index (χ1) is 12.5. The summed E-state index contributed by atoms with van der Waals surface area (Å²) in [4.78, 5) is 23.9. The molecule has 0 bridgehead atoms. The van der Waals surface area contributed by atoms with Crippen molar-refractivity contribution in [2.75, 3.05) is 12.8 Å². The zero-order chi connectivity index (χ0) is 18.7. The number of ether oxygens (including phenoxy) is 2. The molecule has 2 heterocycles. The number of nitrogen functional groups attached to an aromatic ring is 1. The molecule has 3 N–H and O–H groups in total. The maximum absolute atomic E-state index is 11.0. The fourth-order valence-electron chi connectivity index (χ4n) is 2.45. The van der Waals surface area contributed by atoms with Gasteiger partial charge in [0.05, 0.1) is 16.8 Å². The van der Waals surface area contributed by atoms with Crippen molar-refractivity contribution in [1.29, 1.82) is 0 Å². The molecule has 2 aromatic heterocycles. The van der Waals surface area contributed by atoms with Crippen LogP contribution < -0.4 is 10.5 Å². The van der Waals surface area contributed by atoms with Gasteiger partial charge in [-0.05, 0) is 24.3 Å². The van der Waals surface area contributed by atoms with Crippen molar-refractivity contribution in [3.05, 3.63) is 42.0 Å². The summed E-state index contributed by atoms with van der Waals surface area (Å²) < 4.78 is 11.0. The summed E-state index contributed by atoms with van der Waals surface area (Å²) in [7, 11) is 1.55. The van der Waals surface area contributed by atoms with Crippen molar-refractivity contribution < 1.29 is 19.4 Å². The number of fused-ring (bicyclic) bond motifs is 1. The first kappa shape index (κ1) is 17.6. The molecule has 1 atom stereocenters. The number of benzene rings is 1. The van der Waals surface area contributed by atoms with Crippen LogP contribution in [0.15, 0.2) is 36.4 Å². The summed E-state index contributed by atoms with van der Waals surface area (Å²) in [6, 6.07) is 9.99. The number of aromatic carboxylic acids is 1. The summed E-state index contributed by atoms with van der Waals surface area (Å²) in [6.07, 6.45) is 0.144. The van der Waals surface area contributed by atoms with E-state index in [2.05, 4.69) is 15.0 Å². The normalized spacial score (nSPS) is 12.1. The van der Waals surface area contributed by atoms with E-state index in [1.54, 1.807) is 31.4 Å². The third-order valence-corrected chi connectivity index (χ3v) is 3.79. The van der Waals surface area contributed by atoms with E-state index in [4.69, 9.17) is 20.3 Å². The Morgan fingerprint density at radius 3 is 2.50 bits per heavy atom. The summed E-state index contributed by atoms with van der Waals surface area (Å²) >= 11 is 0. The van der Waals surface area contributed by atoms with Gasteiger partial charge in [0.15, 0.2) is 5.52 Å². The van der Waals surface area contributed by atoms with Crippen LogP contribution in [-0.2, 0) is 4.74 Å². The molecule has 3 aromatic rings. The number of carboxylic acid groups (broad SMARTS) is 1. The largest absolute Gasteiger partial charge is 0.478 e. The number of nitrogens with two attached hydrogens (primary N) is 1. The van der Waals surface area contributed by atoms with Crippen molar-refractivity contribution in [3.63, 3.8) is 0 Å². The average Bonchev–Trinajstić information content (AvgIpc) is 2.65. The lowest BCUT2D eigenvalue weighted by molar-refractivity contribution is -0.0564. The Morgan fingerprint density at radius 2 is 1.88 bits per heavy atom. The molecule has 8 heteroatoms. The lowest BCUT2D eigenvalue weighted by atomic mass is 10.1. The molecular formula is C18H18N4O4. The van der Waals surface area contributed by atoms with E-state index < -0.39 is 12.3 Å². The van der Waals surface area contributed by atoms with Crippen molar-refractivity contribution in [2.45, 2.75) is 19.6 Å². The van der Waals surface area contributed by atoms with Crippen molar-refractivity contribution in [2.24, 2.45) is 0 Å². The molecule has 0 saturated heterocycles. The van der Waals surface area contributed by atoms with Crippen LogP contribution in [0.2, 0.25) is 0 Å². The third kappa shape index (κ3) is 3.55. The Morgan fingerprint density at radius 1 is 1.15 bits per heavy atom. The number of pyridine rings is 1. The van der Waals surface area contributed by atoms with Crippen LogP contribution in [-0.4, -0.2) is 39.4 Å². The van der Waals surface area contributed by atoms with Gasteiger partial charge < -0.3 is 20.3 Å². The minimum atomic E-state index is -0.979. The van der Waals surface area contributed by atoms with Gasteiger partial charge in [-0.2, -0.15) is 4.98 Å². The predicted octanol–water partition coefficient (Wildman–Crippen LogP) is 2.73. The predicted molar refractivity (Wildman–Crippen MR) is 95.9 cm³/mol. The number of carboxylic acids is 1. The lowest BCUT2D eigenvalue weighted by Gasteiger charge is -2.16. The van der Waals surface area contributed by atoms with Crippen LogP contribution >= 0.6 is 0 Å². The Labute approximate surface area is 149 Å². The number of hydrogen-bond donors (Lipinski definition) is 2. The zero-order valence-corrected chi connectivity index (χ0v) is 14.3. The van der Waals surface area contributed by atoms with E-state index in [1.165, 1.54) is 12.1 Å². The van der Waals surface area contributed by atoms with Gasteiger partial charge in [0, 0.05) is 19.1 Å². The van der Waals surface area contributed by atoms with Gasteiger partial charge in [-0.3, -0.25) is 0 Å². The number of nitrogens with zero attached hydrogens (tertiary/aromatic N) is 3. The van der Waals surface area contributed by atoms with E-state index in [0.717, 1.165) is 5.56 Å². The van der Waals surface area contributed by atoms with E-state index >= 15 is 0 Å². The Balaban J connectivity index is 2.06. The second-order valence-electron chi connectivity index (χ2n) is 5.53. The SMILES string of the molecule is CC[C@@H](OC)Oc1nc(N)nc2ccc(-c3ccc(C(=O)O)cc3)nc12. The molecule has 0 unspecified atom stereocenters. The molecule has 0 fully saturated rings. The number of aromatic nitrogens is 3. The van der Waals surface area contributed by atoms with E-state index in [-0.39, 0.29) is 17.4 Å². The van der Waals surface area contributed by atoms with Crippen LogP contribution in [0.3, 0.4) is 0 Å². The molecule has 0 aliphatic heterocycles. The molecule has 134 valence electrons. The van der Waals surface area contributed by atoms with Crippen molar-refractivity contribution in [1.82, 2.24) is 15.0 Å². The minimum absolute atomic E-state index is 0.0822. The smallest absolute Gasteiger partial charge is 0.335 e. The molecule has 3 rings (SSSR count). The third-order valence-electron chi connectivity index (χ3n) is 3.79. The molecule has 0 radical (unpaired) electrons. The van der Waals surface area contributed by atoms with Gasteiger partial charge in [-0.1, -0.05) is 19.1 Å².